The molecule has 4 nitrogen and oxygen atoms in total. The van der Waals surface area contributed by atoms with Gasteiger partial charge in [0.1, 0.15) is 11.6 Å². The maximum absolute atomic E-state index is 5.64. The van der Waals surface area contributed by atoms with Gasteiger partial charge in [-0.15, -0.1) is 11.3 Å². The van der Waals surface area contributed by atoms with Crippen LogP contribution in [0.2, 0.25) is 0 Å². The first-order chi connectivity index (χ1) is 11.9. The first-order valence-corrected chi connectivity index (χ1v) is 9.32. The van der Waals surface area contributed by atoms with Crippen molar-refractivity contribution < 1.29 is 4.74 Å². The average molecular weight is 360 g/mol. The van der Waals surface area contributed by atoms with E-state index in [2.05, 4.69) is 37.3 Å². The van der Waals surface area contributed by atoms with E-state index in [1.54, 1.807) is 11.3 Å². The Morgan fingerprint density at radius 1 is 1.40 bits per heavy atom. The van der Waals surface area contributed by atoms with Crippen molar-refractivity contribution in [3.8, 4) is 0 Å². The van der Waals surface area contributed by atoms with Crippen LogP contribution in [0.1, 0.15) is 45.2 Å². The summed E-state index contributed by atoms with van der Waals surface area (Å²) in [5.74, 6) is 2.12. The Morgan fingerprint density at radius 2 is 2.12 bits per heavy atom. The Bertz CT molecular complexity index is 681. The van der Waals surface area contributed by atoms with Crippen molar-refractivity contribution >= 4 is 27.9 Å². The minimum atomic E-state index is 0.536. The standard InChI is InChI=1S/C20H29N3OS/c1-8-16(13-17(9-2)24-11-4)19-18(12-14(5)6)25-20(23-19)22-15(7)21-10-3/h8-10,13-14H,1,3,11-12H2,2,4-7H3,(H,21,22,23)/b16-13+,17-9+. The first-order valence-electron chi connectivity index (χ1n) is 8.50. The number of aromatic nitrogens is 1. The van der Waals surface area contributed by atoms with Crippen LogP contribution < -0.4 is 5.32 Å². The molecule has 1 aromatic heterocycles. The molecule has 0 radical (unpaired) electrons. The number of aliphatic imine (C=N–C) groups is 1. The molecule has 1 N–H and O–H groups in total. The van der Waals surface area contributed by atoms with Crippen LogP contribution in [0, 0.1) is 5.92 Å². The van der Waals surface area contributed by atoms with E-state index < -0.39 is 0 Å². The van der Waals surface area contributed by atoms with Gasteiger partial charge in [-0.25, -0.2) is 9.98 Å². The molecule has 1 rings (SSSR count). The first kappa shape index (κ1) is 20.9. The van der Waals surface area contributed by atoms with Gasteiger partial charge in [0.15, 0.2) is 5.13 Å². The molecule has 0 aliphatic carbocycles. The van der Waals surface area contributed by atoms with Crippen LogP contribution in [0.5, 0.6) is 0 Å². The van der Waals surface area contributed by atoms with E-state index in [-0.39, 0.29) is 0 Å². The largest absolute Gasteiger partial charge is 0.494 e. The molecule has 0 atom stereocenters. The van der Waals surface area contributed by atoms with Crippen molar-refractivity contribution in [2.24, 2.45) is 10.9 Å². The maximum Gasteiger partial charge on any atom is 0.188 e. The van der Waals surface area contributed by atoms with E-state index in [1.165, 1.54) is 11.1 Å². The molecule has 0 saturated carbocycles. The van der Waals surface area contributed by atoms with Gasteiger partial charge in [-0.2, -0.15) is 0 Å². The van der Waals surface area contributed by atoms with E-state index >= 15 is 0 Å². The number of allylic oxidation sites excluding steroid dienone is 4. The monoisotopic (exact) mass is 359 g/mol. The Labute approximate surface area is 155 Å². The van der Waals surface area contributed by atoms with Crippen molar-refractivity contribution in [3.05, 3.63) is 53.9 Å². The molecule has 0 unspecified atom stereocenters. The highest BCUT2D eigenvalue weighted by Gasteiger charge is 2.15. The van der Waals surface area contributed by atoms with Gasteiger partial charge < -0.3 is 10.1 Å². The summed E-state index contributed by atoms with van der Waals surface area (Å²) >= 11 is 1.65. The van der Waals surface area contributed by atoms with Gasteiger partial charge in [0.05, 0.1) is 12.3 Å². The molecule has 0 aliphatic heterocycles. The highest BCUT2D eigenvalue weighted by molar-refractivity contribution is 7.16. The zero-order valence-corrected chi connectivity index (χ0v) is 16.7. The molecule has 0 aromatic carbocycles. The molecule has 1 aromatic rings. The molecule has 5 heteroatoms. The van der Waals surface area contributed by atoms with Crippen molar-refractivity contribution in [1.29, 1.82) is 0 Å². The number of nitrogens with zero attached hydrogens (tertiary/aromatic N) is 2. The van der Waals surface area contributed by atoms with E-state index in [4.69, 9.17) is 9.72 Å². The van der Waals surface area contributed by atoms with Gasteiger partial charge in [-0.05, 0) is 45.3 Å². The van der Waals surface area contributed by atoms with Crippen LogP contribution in [-0.4, -0.2) is 17.4 Å². The summed E-state index contributed by atoms with van der Waals surface area (Å²) in [7, 11) is 0. The zero-order valence-electron chi connectivity index (χ0n) is 15.9. The van der Waals surface area contributed by atoms with Crippen molar-refractivity contribution in [2.45, 2.75) is 41.0 Å². The summed E-state index contributed by atoms with van der Waals surface area (Å²) in [5, 5.41) is 4.05. The normalized spacial score (nSPS) is 13.1. The van der Waals surface area contributed by atoms with E-state index in [1.807, 2.05) is 39.0 Å². The molecule has 0 bridgehead atoms. The number of thiazole rings is 1. The second kappa shape index (κ2) is 10.7. The Hall–Kier alpha value is -2.14. The van der Waals surface area contributed by atoms with Gasteiger partial charge in [-0.1, -0.05) is 33.1 Å². The van der Waals surface area contributed by atoms with Crippen LogP contribution in [0.15, 0.2) is 48.3 Å². The SMILES string of the molecule is C=CN=C(C)Nc1nc(/C(C=C)=C/C(=C\C)OCC)c(CC(C)C)s1. The number of hydrogen-bond acceptors (Lipinski definition) is 4. The van der Waals surface area contributed by atoms with Crippen molar-refractivity contribution in [2.75, 3.05) is 11.9 Å². The van der Waals surface area contributed by atoms with Crippen molar-refractivity contribution in [1.82, 2.24) is 4.98 Å². The molecule has 136 valence electrons. The predicted molar refractivity (Wildman–Crippen MR) is 111 cm³/mol. The molecule has 0 spiro atoms. The van der Waals surface area contributed by atoms with Gasteiger partial charge >= 0.3 is 0 Å². The zero-order chi connectivity index (χ0) is 18.8. The summed E-state index contributed by atoms with van der Waals surface area (Å²) in [4.78, 5) is 10.1. The van der Waals surface area contributed by atoms with Crippen LogP contribution in [0.4, 0.5) is 5.13 Å². The van der Waals surface area contributed by atoms with Crippen LogP contribution in [0.25, 0.3) is 5.57 Å². The number of amidine groups is 1. The second-order valence-electron chi connectivity index (χ2n) is 5.84. The summed E-state index contributed by atoms with van der Waals surface area (Å²) in [6.07, 6.45) is 8.24. The molecule has 0 amide bonds. The lowest BCUT2D eigenvalue weighted by Gasteiger charge is -2.08. The number of hydrogen-bond donors (Lipinski definition) is 1. The average Bonchev–Trinajstić information content (AvgIpc) is 2.92. The van der Waals surface area contributed by atoms with Gasteiger partial charge in [0.2, 0.25) is 0 Å². The fourth-order valence-electron chi connectivity index (χ4n) is 2.22. The highest BCUT2D eigenvalue weighted by Crippen LogP contribution is 2.31. The Balaban J connectivity index is 3.30. The summed E-state index contributed by atoms with van der Waals surface area (Å²) < 4.78 is 5.64. The third-order valence-electron chi connectivity index (χ3n) is 3.25. The lowest BCUT2D eigenvalue weighted by molar-refractivity contribution is 0.242. The van der Waals surface area contributed by atoms with E-state index in [9.17, 15) is 0 Å². The Kier molecular flexibility index (Phi) is 8.92. The molecule has 0 saturated heterocycles. The molecule has 0 fully saturated rings. The smallest absolute Gasteiger partial charge is 0.188 e. The van der Waals surface area contributed by atoms with E-state index in [0.29, 0.717) is 12.5 Å². The number of anilines is 1. The predicted octanol–water partition coefficient (Wildman–Crippen LogP) is 5.83. The van der Waals surface area contributed by atoms with Crippen LogP contribution >= 0.6 is 11.3 Å². The topological polar surface area (TPSA) is 46.5 Å². The molecule has 1 heterocycles. The minimum absolute atomic E-state index is 0.536. The third-order valence-corrected chi connectivity index (χ3v) is 4.24. The number of rotatable bonds is 9. The van der Waals surface area contributed by atoms with E-state index in [0.717, 1.165) is 34.4 Å². The molecule has 25 heavy (non-hydrogen) atoms. The molecule has 0 aliphatic rings. The third kappa shape index (κ3) is 6.70. The lowest BCUT2D eigenvalue weighted by Crippen LogP contribution is -2.06. The Morgan fingerprint density at radius 3 is 2.64 bits per heavy atom. The van der Waals surface area contributed by atoms with Crippen molar-refractivity contribution in [3.63, 3.8) is 0 Å². The fourth-order valence-corrected chi connectivity index (χ4v) is 3.46. The van der Waals surface area contributed by atoms with Gasteiger partial charge in [0.25, 0.3) is 0 Å². The summed E-state index contributed by atoms with van der Waals surface area (Å²) in [5.41, 5.74) is 1.90. The van der Waals surface area contributed by atoms with Crippen LogP contribution in [0.3, 0.4) is 0 Å². The summed E-state index contributed by atoms with van der Waals surface area (Å²) in [6, 6.07) is 0. The van der Waals surface area contributed by atoms with Gasteiger partial charge in [0, 0.05) is 16.7 Å². The highest BCUT2D eigenvalue weighted by atomic mass is 32.1. The lowest BCUT2D eigenvalue weighted by atomic mass is 10.0. The molecular formula is C20H29N3OS. The fraction of sp³-hybridized carbons (Fsp3) is 0.400. The number of nitrogens with one attached hydrogen (secondary N) is 1. The summed E-state index contributed by atoms with van der Waals surface area (Å²) in [6.45, 7) is 18.4. The minimum Gasteiger partial charge on any atom is -0.494 e. The molecular weight excluding hydrogens is 330 g/mol. The maximum atomic E-state index is 5.64. The van der Waals surface area contributed by atoms with Crippen LogP contribution in [-0.2, 0) is 11.2 Å². The second-order valence-corrected chi connectivity index (χ2v) is 6.92. The number of ether oxygens (including phenoxy) is 1. The quantitative estimate of drug-likeness (QED) is 0.261. The van der Waals surface area contributed by atoms with Gasteiger partial charge in [-0.3, -0.25) is 0 Å².